The lowest BCUT2D eigenvalue weighted by atomic mass is 10.1. The third kappa shape index (κ3) is 4.88. The number of halogens is 2. The molecule has 0 aliphatic rings. The van der Waals surface area contributed by atoms with E-state index in [9.17, 15) is 27.8 Å². The molecule has 31 heavy (non-hydrogen) atoms. The highest BCUT2D eigenvalue weighted by molar-refractivity contribution is 7.84. The number of aromatic nitrogens is 2. The van der Waals surface area contributed by atoms with E-state index >= 15 is 0 Å². The second-order valence-electron chi connectivity index (χ2n) is 6.92. The molecule has 8 nitrogen and oxygen atoms in total. The van der Waals surface area contributed by atoms with Crippen LogP contribution in [0.3, 0.4) is 0 Å². The Morgan fingerprint density at radius 2 is 2.06 bits per heavy atom. The van der Waals surface area contributed by atoms with Crippen molar-refractivity contribution < 1.29 is 23.0 Å². The van der Waals surface area contributed by atoms with Gasteiger partial charge in [-0.25, -0.2) is 13.8 Å². The number of rotatable bonds is 7. The normalized spacial score (nSPS) is 12.1. The summed E-state index contributed by atoms with van der Waals surface area (Å²) in [6.07, 6.45) is 4.23. The molecule has 1 unspecified atom stereocenters. The van der Waals surface area contributed by atoms with Gasteiger partial charge in [-0.3, -0.25) is 13.8 Å². The van der Waals surface area contributed by atoms with Crippen LogP contribution in [-0.2, 0) is 23.8 Å². The first-order chi connectivity index (χ1) is 14.7. The summed E-state index contributed by atoms with van der Waals surface area (Å²) < 4.78 is 38.3. The molecule has 164 valence electrons. The fraction of sp³-hybridized carbons (Fsp3) is 0.250. The number of pyridine rings is 2. The first-order valence-corrected chi connectivity index (χ1v) is 11.0. The Kier molecular flexibility index (Phi) is 6.64. The van der Waals surface area contributed by atoms with E-state index in [4.69, 9.17) is 5.73 Å². The number of nitrogens with one attached hydrogen (secondary N) is 1. The SMILES string of the molecule is CS(=O)CCCc1cnc2c(c1)c(N)c(C(=O)NCc1ccc(F)cc1F)c(=O)n2O. The zero-order chi connectivity index (χ0) is 22.7. The molecule has 0 fully saturated rings. The quantitative estimate of drug-likeness (QED) is 0.471. The van der Waals surface area contributed by atoms with E-state index in [0.29, 0.717) is 24.7 Å². The van der Waals surface area contributed by atoms with Crippen molar-refractivity contribution in [3.8, 4) is 0 Å². The first-order valence-electron chi connectivity index (χ1n) is 9.23. The largest absolute Gasteiger partial charge is 0.423 e. The molecule has 1 amide bonds. The van der Waals surface area contributed by atoms with Crippen LogP contribution in [0.5, 0.6) is 0 Å². The van der Waals surface area contributed by atoms with Crippen LogP contribution in [0.15, 0.2) is 35.3 Å². The van der Waals surface area contributed by atoms with E-state index in [-0.39, 0.29) is 33.6 Å². The summed E-state index contributed by atoms with van der Waals surface area (Å²) in [5, 5.41) is 12.7. The molecule has 0 aliphatic carbocycles. The molecule has 0 spiro atoms. The summed E-state index contributed by atoms with van der Waals surface area (Å²) in [4.78, 5) is 29.1. The highest BCUT2D eigenvalue weighted by Gasteiger charge is 2.22. The van der Waals surface area contributed by atoms with Gasteiger partial charge in [0.2, 0.25) is 0 Å². The molecular weight excluding hydrogens is 430 g/mol. The highest BCUT2D eigenvalue weighted by atomic mass is 32.2. The Balaban J connectivity index is 1.92. The van der Waals surface area contributed by atoms with E-state index < -0.39 is 39.5 Å². The molecule has 0 aliphatic heterocycles. The second-order valence-corrected chi connectivity index (χ2v) is 8.47. The average molecular weight is 450 g/mol. The van der Waals surface area contributed by atoms with Crippen LogP contribution in [0.1, 0.15) is 27.9 Å². The van der Waals surface area contributed by atoms with Crippen molar-refractivity contribution >= 4 is 33.4 Å². The lowest BCUT2D eigenvalue weighted by Gasteiger charge is -2.12. The van der Waals surface area contributed by atoms with E-state index in [1.807, 2.05) is 0 Å². The van der Waals surface area contributed by atoms with Crippen LogP contribution in [0, 0.1) is 11.6 Å². The standard InChI is InChI=1S/C20H20F2N4O4S/c1-31(30)6-2-3-11-7-14-17(23)16(20(28)26(29)18(14)24-9-11)19(27)25-10-12-4-5-13(21)8-15(12)22/h4-5,7-9,29H,2-3,6,10,23H2,1H3,(H,25,27). The molecule has 3 rings (SSSR count). The number of amides is 1. The van der Waals surface area contributed by atoms with Crippen LogP contribution in [-0.4, -0.2) is 37.0 Å². The maximum absolute atomic E-state index is 13.8. The molecule has 4 N–H and O–H groups in total. The molecule has 11 heteroatoms. The Hall–Kier alpha value is -3.34. The van der Waals surface area contributed by atoms with Crippen LogP contribution in [0.4, 0.5) is 14.5 Å². The Morgan fingerprint density at radius 3 is 2.74 bits per heavy atom. The highest BCUT2D eigenvalue weighted by Crippen LogP contribution is 2.22. The minimum atomic E-state index is -1.08. The number of fused-ring (bicyclic) bond motifs is 1. The number of carbonyl (C=O) groups excluding carboxylic acids is 1. The molecule has 0 bridgehead atoms. The van der Waals surface area contributed by atoms with Gasteiger partial charge in [0, 0.05) is 52.6 Å². The lowest BCUT2D eigenvalue weighted by Crippen LogP contribution is -2.34. The minimum absolute atomic E-state index is 0.00991. The molecular formula is C20H20F2N4O4S. The number of aryl methyl sites for hydroxylation is 1. The lowest BCUT2D eigenvalue weighted by molar-refractivity contribution is 0.0944. The molecule has 2 aromatic heterocycles. The second kappa shape index (κ2) is 9.21. The number of nitrogens with zero attached hydrogens (tertiary/aromatic N) is 2. The smallest absolute Gasteiger partial charge is 0.299 e. The van der Waals surface area contributed by atoms with Gasteiger partial charge in [-0.15, -0.1) is 4.73 Å². The molecule has 0 saturated carbocycles. The van der Waals surface area contributed by atoms with Crippen molar-refractivity contribution in [2.45, 2.75) is 19.4 Å². The van der Waals surface area contributed by atoms with E-state index in [2.05, 4.69) is 10.3 Å². The summed E-state index contributed by atoms with van der Waals surface area (Å²) >= 11 is 0. The van der Waals surface area contributed by atoms with E-state index in [0.717, 1.165) is 11.6 Å². The van der Waals surface area contributed by atoms with E-state index in [1.54, 1.807) is 12.3 Å². The molecule has 2 heterocycles. The monoisotopic (exact) mass is 450 g/mol. The maximum Gasteiger partial charge on any atom is 0.299 e. The molecule has 0 saturated heterocycles. The summed E-state index contributed by atoms with van der Waals surface area (Å²) in [7, 11) is -0.940. The number of benzene rings is 1. The molecule has 0 radical (unpaired) electrons. The van der Waals surface area contributed by atoms with Crippen molar-refractivity contribution in [3.63, 3.8) is 0 Å². The Bertz CT molecular complexity index is 1250. The Morgan fingerprint density at radius 1 is 1.32 bits per heavy atom. The number of hydrogen-bond acceptors (Lipinski definition) is 6. The van der Waals surface area contributed by atoms with Crippen molar-refractivity contribution in [3.05, 3.63) is 69.1 Å². The van der Waals surface area contributed by atoms with Crippen molar-refractivity contribution in [2.75, 3.05) is 17.7 Å². The van der Waals surface area contributed by atoms with Gasteiger partial charge < -0.3 is 16.3 Å². The zero-order valence-corrected chi connectivity index (χ0v) is 17.3. The third-order valence-corrected chi connectivity index (χ3v) is 5.53. The van der Waals surface area contributed by atoms with Gasteiger partial charge in [-0.1, -0.05) is 6.07 Å². The summed E-state index contributed by atoms with van der Waals surface area (Å²) in [6, 6.07) is 4.47. The fourth-order valence-corrected chi connectivity index (χ4v) is 3.64. The number of hydrogen-bond donors (Lipinski definition) is 3. The van der Waals surface area contributed by atoms with Crippen LogP contribution in [0.25, 0.3) is 11.0 Å². The van der Waals surface area contributed by atoms with Crippen LogP contribution >= 0.6 is 0 Å². The number of nitrogens with two attached hydrogens (primary N) is 1. The summed E-state index contributed by atoms with van der Waals surface area (Å²) in [6.45, 7) is -0.320. The van der Waals surface area contributed by atoms with Crippen LogP contribution < -0.4 is 16.6 Å². The maximum atomic E-state index is 13.8. The van der Waals surface area contributed by atoms with Gasteiger partial charge in [0.05, 0.1) is 5.69 Å². The van der Waals surface area contributed by atoms with Gasteiger partial charge >= 0.3 is 0 Å². The molecule has 1 atom stereocenters. The molecule has 1 aromatic carbocycles. The number of anilines is 1. The van der Waals surface area contributed by atoms with Crippen molar-refractivity contribution in [1.29, 1.82) is 0 Å². The van der Waals surface area contributed by atoms with Crippen LogP contribution in [0.2, 0.25) is 0 Å². The zero-order valence-electron chi connectivity index (χ0n) is 16.5. The van der Waals surface area contributed by atoms with Gasteiger partial charge in [0.25, 0.3) is 11.5 Å². The van der Waals surface area contributed by atoms with Gasteiger partial charge in [0.1, 0.15) is 17.2 Å². The molecule has 3 aromatic rings. The fourth-order valence-electron chi connectivity index (χ4n) is 3.08. The van der Waals surface area contributed by atoms with Crippen molar-refractivity contribution in [1.82, 2.24) is 15.0 Å². The topological polar surface area (TPSA) is 127 Å². The summed E-state index contributed by atoms with van der Waals surface area (Å²) in [5.74, 6) is -2.04. The first kappa shape index (κ1) is 22.3. The van der Waals surface area contributed by atoms with Crippen molar-refractivity contribution in [2.24, 2.45) is 0 Å². The average Bonchev–Trinajstić information content (AvgIpc) is 2.71. The number of carbonyl (C=O) groups is 1. The van der Waals surface area contributed by atoms with Gasteiger partial charge in [0.15, 0.2) is 5.65 Å². The Labute approximate surface area is 178 Å². The van der Waals surface area contributed by atoms with E-state index in [1.165, 1.54) is 12.3 Å². The summed E-state index contributed by atoms with van der Waals surface area (Å²) in [5.41, 5.74) is 4.89. The van der Waals surface area contributed by atoms with Gasteiger partial charge in [-0.05, 0) is 30.5 Å². The predicted molar refractivity (Wildman–Crippen MR) is 112 cm³/mol. The third-order valence-electron chi connectivity index (χ3n) is 4.67. The van der Waals surface area contributed by atoms with Gasteiger partial charge in [-0.2, -0.15) is 0 Å². The minimum Gasteiger partial charge on any atom is -0.423 e. The number of nitrogen functional groups attached to an aromatic ring is 1. The predicted octanol–water partition coefficient (Wildman–Crippen LogP) is 1.74.